The second kappa shape index (κ2) is 10.7. The summed E-state index contributed by atoms with van der Waals surface area (Å²) in [4.78, 5) is 24.1. The summed E-state index contributed by atoms with van der Waals surface area (Å²) < 4.78 is 14.1. The van der Waals surface area contributed by atoms with E-state index in [2.05, 4.69) is 49.8 Å². The maximum absolute atomic E-state index is 12.2. The van der Waals surface area contributed by atoms with Gasteiger partial charge in [-0.1, -0.05) is 37.3 Å². The average Bonchev–Trinajstić information content (AvgIpc) is 3.23. The number of fused-ring (bicyclic) bond motifs is 1. The summed E-state index contributed by atoms with van der Waals surface area (Å²) in [7, 11) is 0. The number of amides is 1. The summed E-state index contributed by atoms with van der Waals surface area (Å²) in [6.07, 6.45) is 6.45. The lowest BCUT2D eigenvalue weighted by Gasteiger charge is -2.39. The van der Waals surface area contributed by atoms with Gasteiger partial charge in [-0.15, -0.1) is 0 Å². The van der Waals surface area contributed by atoms with Crippen LogP contribution in [0.2, 0.25) is 0 Å². The lowest BCUT2D eigenvalue weighted by atomic mass is 9.80. The Morgan fingerprint density at radius 1 is 1.26 bits per heavy atom. The summed E-state index contributed by atoms with van der Waals surface area (Å²) in [6.45, 7) is 5.54. The number of halogens is 1. The quantitative estimate of drug-likeness (QED) is 0.418. The number of hydrogen-bond donors (Lipinski definition) is 1. The molecule has 0 saturated carbocycles. The van der Waals surface area contributed by atoms with Crippen molar-refractivity contribution in [3.05, 3.63) is 45.8 Å². The molecular weight excluding hydrogens is 559 g/mol. The van der Waals surface area contributed by atoms with Gasteiger partial charge in [0.05, 0.1) is 6.20 Å². The number of anilines is 1. The molecule has 3 aromatic rings. The average molecular weight is 590 g/mol. The van der Waals surface area contributed by atoms with Crippen LogP contribution in [0.3, 0.4) is 0 Å². The number of carbonyl (C=O) groups is 1. The van der Waals surface area contributed by atoms with Gasteiger partial charge >= 0.3 is 6.09 Å². The van der Waals surface area contributed by atoms with E-state index in [-0.39, 0.29) is 24.3 Å². The number of hydrogen-bond acceptors (Lipinski definition) is 7. The Kier molecular flexibility index (Phi) is 7.37. The zero-order valence-corrected chi connectivity index (χ0v) is 22.1. The molecule has 2 saturated heterocycles. The number of carbonyl (C=O) groups excluding carboxylic acids is 1. The molecule has 10 heteroatoms. The zero-order valence-electron chi connectivity index (χ0n) is 20.0. The Morgan fingerprint density at radius 2 is 2.06 bits per heavy atom. The summed E-state index contributed by atoms with van der Waals surface area (Å²) in [5.41, 5.74) is 2.59. The molecule has 186 valence electrons. The first-order chi connectivity index (χ1) is 17.0. The predicted molar refractivity (Wildman–Crippen MR) is 141 cm³/mol. The van der Waals surface area contributed by atoms with Gasteiger partial charge in [-0.2, -0.15) is 5.10 Å². The standard InChI is InChI=1S/C25H31IN6O3/c1-25(17-28-24(33)35-16-18-7-3-2-4-8-18)10-12-31(13-11-25)19-15-27-21-22(26)30-32(23(21)29-19)20-9-5-6-14-34-20/h2-4,7-8,15,20H,5-6,9-14,16-17H2,1H3,(H,28,33). The van der Waals surface area contributed by atoms with Crippen LogP contribution < -0.4 is 10.2 Å². The van der Waals surface area contributed by atoms with Crippen molar-refractivity contribution in [2.45, 2.75) is 51.9 Å². The highest BCUT2D eigenvalue weighted by Gasteiger charge is 2.32. The minimum absolute atomic E-state index is 0.00683. The Hall–Kier alpha value is -2.47. The first kappa shape index (κ1) is 24.2. The van der Waals surface area contributed by atoms with Crippen molar-refractivity contribution in [3.63, 3.8) is 0 Å². The number of nitrogens with zero attached hydrogens (tertiary/aromatic N) is 5. The van der Waals surface area contributed by atoms with Crippen molar-refractivity contribution in [3.8, 4) is 0 Å². The highest BCUT2D eigenvalue weighted by atomic mass is 127. The van der Waals surface area contributed by atoms with Gasteiger partial charge in [-0.05, 0) is 65.7 Å². The fourth-order valence-corrected chi connectivity index (χ4v) is 5.26. The molecule has 2 aliphatic rings. The Balaban J connectivity index is 1.18. The van der Waals surface area contributed by atoms with Gasteiger partial charge in [0.25, 0.3) is 0 Å². The molecule has 1 aromatic carbocycles. The van der Waals surface area contributed by atoms with Gasteiger partial charge in [-0.3, -0.25) is 0 Å². The highest BCUT2D eigenvalue weighted by molar-refractivity contribution is 14.1. The topological polar surface area (TPSA) is 94.4 Å². The maximum Gasteiger partial charge on any atom is 0.407 e. The normalized spacial score (nSPS) is 20.1. The van der Waals surface area contributed by atoms with Crippen molar-refractivity contribution in [2.75, 3.05) is 31.1 Å². The number of benzene rings is 1. The van der Waals surface area contributed by atoms with Crippen LogP contribution in [-0.4, -0.2) is 52.1 Å². The fourth-order valence-electron chi connectivity index (χ4n) is 4.65. The summed E-state index contributed by atoms with van der Waals surface area (Å²) in [6, 6.07) is 9.71. The third-order valence-electron chi connectivity index (χ3n) is 6.94. The lowest BCUT2D eigenvalue weighted by Crippen LogP contribution is -2.45. The minimum atomic E-state index is -0.373. The smallest absolute Gasteiger partial charge is 0.407 e. The monoisotopic (exact) mass is 590 g/mol. The first-order valence-electron chi connectivity index (χ1n) is 12.2. The maximum atomic E-state index is 12.2. The van der Waals surface area contributed by atoms with Crippen LogP contribution in [0.4, 0.5) is 10.6 Å². The van der Waals surface area contributed by atoms with E-state index >= 15 is 0 Å². The van der Waals surface area contributed by atoms with E-state index in [0.29, 0.717) is 6.54 Å². The molecule has 0 radical (unpaired) electrons. The van der Waals surface area contributed by atoms with Gasteiger partial charge < -0.3 is 19.7 Å². The molecule has 1 N–H and O–H groups in total. The highest BCUT2D eigenvalue weighted by Crippen LogP contribution is 2.33. The SMILES string of the molecule is CC1(CNC(=O)OCc2ccccc2)CCN(c2cnc3c(I)nn(C4CCCCO4)c3n2)CC1. The van der Waals surface area contributed by atoms with Crippen molar-refractivity contribution >= 4 is 45.7 Å². The van der Waals surface area contributed by atoms with Crippen LogP contribution in [0.25, 0.3) is 11.2 Å². The van der Waals surface area contributed by atoms with Crippen molar-refractivity contribution in [1.29, 1.82) is 0 Å². The van der Waals surface area contributed by atoms with Gasteiger partial charge in [0.15, 0.2) is 15.6 Å². The Labute approximate surface area is 218 Å². The van der Waals surface area contributed by atoms with E-state index in [4.69, 9.17) is 14.5 Å². The van der Waals surface area contributed by atoms with Gasteiger partial charge in [0, 0.05) is 26.2 Å². The van der Waals surface area contributed by atoms with Crippen LogP contribution in [0, 0.1) is 9.12 Å². The Morgan fingerprint density at radius 3 is 2.80 bits per heavy atom. The molecule has 9 nitrogen and oxygen atoms in total. The van der Waals surface area contributed by atoms with E-state index in [0.717, 1.165) is 78.0 Å². The van der Waals surface area contributed by atoms with Crippen LogP contribution in [0.1, 0.15) is 50.8 Å². The van der Waals surface area contributed by atoms with Gasteiger partial charge in [0.1, 0.15) is 17.9 Å². The lowest BCUT2D eigenvalue weighted by molar-refractivity contribution is -0.0372. The molecule has 35 heavy (non-hydrogen) atoms. The molecule has 1 amide bonds. The molecule has 5 rings (SSSR count). The molecule has 2 aliphatic heterocycles. The first-order valence-corrected chi connectivity index (χ1v) is 13.3. The third kappa shape index (κ3) is 5.69. The second-order valence-electron chi connectivity index (χ2n) is 9.67. The molecule has 2 fully saturated rings. The van der Waals surface area contributed by atoms with Crippen LogP contribution in [0.15, 0.2) is 36.5 Å². The number of nitrogens with one attached hydrogen (secondary N) is 1. The number of alkyl carbamates (subject to hydrolysis) is 1. The molecule has 2 aromatic heterocycles. The van der Waals surface area contributed by atoms with Crippen molar-refractivity contribution < 1.29 is 14.3 Å². The zero-order chi connectivity index (χ0) is 24.3. The van der Waals surface area contributed by atoms with Crippen molar-refractivity contribution in [1.82, 2.24) is 25.1 Å². The summed E-state index contributed by atoms with van der Waals surface area (Å²) >= 11 is 2.22. The van der Waals surface area contributed by atoms with E-state index < -0.39 is 0 Å². The van der Waals surface area contributed by atoms with Crippen LogP contribution in [-0.2, 0) is 16.1 Å². The van der Waals surface area contributed by atoms with E-state index in [1.807, 2.05) is 41.2 Å². The molecular formula is C25H31IN6O3. The number of aromatic nitrogens is 4. The minimum Gasteiger partial charge on any atom is -0.445 e. The van der Waals surface area contributed by atoms with Gasteiger partial charge in [0.2, 0.25) is 0 Å². The largest absolute Gasteiger partial charge is 0.445 e. The second-order valence-corrected chi connectivity index (χ2v) is 10.7. The molecule has 0 aliphatic carbocycles. The number of piperidine rings is 1. The number of ether oxygens (including phenoxy) is 2. The molecule has 1 atom stereocenters. The van der Waals surface area contributed by atoms with Crippen molar-refractivity contribution in [2.24, 2.45) is 5.41 Å². The van der Waals surface area contributed by atoms with Crippen LogP contribution >= 0.6 is 22.6 Å². The summed E-state index contributed by atoms with van der Waals surface area (Å²) in [5.74, 6) is 0.864. The van der Waals surface area contributed by atoms with E-state index in [9.17, 15) is 4.79 Å². The molecule has 4 heterocycles. The summed E-state index contributed by atoms with van der Waals surface area (Å²) in [5, 5.41) is 7.64. The Bertz CT molecular complexity index is 1160. The van der Waals surface area contributed by atoms with Gasteiger partial charge in [-0.25, -0.2) is 19.4 Å². The molecule has 0 spiro atoms. The van der Waals surface area contributed by atoms with Crippen LogP contribution in [0.5, 0.6) is 0 Å². The number of rotatable bonds is 6. The fraction of sp³-hybridized carbons (Fsp3) is 0.520. The molecule has 1 unspecified atom stereocenters. The van der Waals surface area contributed by atoms with E-state index in [1.54, 1.807) is 0 Å². The third-order valence-corrected chi connectivity index (χ3v) is 7.67. The predicted octanol–water partition coefficient (Wildman–Crippen LogP) is 4.66. The molecule has 0 bridgehead atoms. The van der Waals surface area contributed by atoms with E-state index in [1.165, 1.54) is 0 Å².